The van der Waals surface area contributed by atoms with Gasteiger partial charge in [0.15, 0.2) is 0 Å². The van der Waals surface area contributed by atoms with Crippen LogP contribution in [0.2, 0.25) is 0 Å². The Hall–Kier alpha value is -3.25. The van der Waals surface area contributed by atoms with Gasteiger partial charge in [0.1, 0.15) is 29.1 Å². The standard InChI is InChI=1S/C23H15BrFN3O/c1-29-16-10-11-20-19(12-16)27-22(17-4-2-3-5-18(17)25)23-21(26-13-28(20)23)14-6-8-15(24)9-7-14/h2-13H,1H3. The van der Waals surface area contributed by atoms with Gasteiger partial charge in [0.25, 0.3) is 0 Å². The zero-order valence-corrected chi connectivity index (χ0v) is 17.0. The molecule has 0 saturated carbocycles. The van der Waals surface area contributed by atoms with Crippen LogP contribution in [0.4, 0.5) is 4.39 Å². The SMILES string of the molecule is COc1ccc2c(c1)nc(-c1ccccc1F)c1c(-c3ccc(Br)cc3)ncn12. The van der Waals surface area contributed by atoms with Gasteiger partial charge in [-0.2, -0.15) is 0 Å². The van der Waals surface area contributed by atoms with Gasteiger partial charge in [-0.25, -0.2) is 14.4 Å². The molecule has 0 atom stereocenters. The van der Waals surface area contributed by atoms with E-state index in [-0.39, 0.29) is 5.82 Å². The van der Waals surface area contributed by atoms with E-state index in [0.717, 1.165) is 26.8 Å². The molecule has 0 fully saturated rings. The number of imidazole rings is 1. The summed E-state index contributed by atoms with van der Waals surface area (Å²) in [7, 11) is 1.61. The summed E-state index contributed by atoms with van der Waals surface area (Å²) in [5.41, 5.74) is 4.99. The Bertz CT molecular complexity index is 1360. The van der Waals surface area contributed by atoms with Crippen molar-refractivity contribution >= 4 is 32.5 Å². The molecule has 2 aromatic heterocycles. The van der Waals surface area contributed by atoms with E-state index in [1.165, 1.54) is 6.07 Å². The molecule has 0 N–H and O–H groups in total. The van der Waals surface area contributed by atoms with Crippen molar-refractivity contribution in [1.29, 1.82) is 0 Å². The molecule has 142 valence electrons. The van der Waals surface area contributed by atoms with Gasteiger partial charge in [-0.3, -0.25) is 4.40 Å². The predicted octanol–water partition coefficient (Wildman–Crippen LogP) is 6.13. The molecule has 0 saturated heterocycles. The molecular weight excluding hydrogens is 433 g/mol. The average Bonchev–Trinajstić information content (AvgIpc) is 3.19. The van der Waals surface area contributed by atoms with Crippen molar-refractivity contribution in [2.45, 2.75) is 0 Å². The number of hydrogen-bond donors (Lipinski definition) is 0. The predicted molar refractivity (Wildman–Crippen MR) is 116 cm³/mol. The lowest BCUT2D eigenvalue weighted by atomic mass is 10.1. The van der Waals surface area contributed by atoms with E-state index in [9.17, 15) is 4.39 Å². The first kappa shape index (κ1) is 17.8. The second kappa shape index (κ2) is 6.97. The maximum absolute atomic E-state index is 14.7. The summed E-state index contributed by atoms with van der Waals surface area (Å²) in [4.78, 5) is 9.49. The minimum Gasteiger partial charge on any atom is -0.497 e. The Morgan fingerprint density at radius 3 is 2.52 bits per heavy atom. The lowest BCUT2D eigenvalue weighted by Gasteiger charge is -2.11. The van der Waals surface area contributed by atoms with Crippen molar-refractivity contribution < 1.29 is 9.13 Å². The van der Waals surface area contributed by atoms with Gasteiger partial charge in [0.2, 0.25) is 0 Å². The number of halogens is 2. The van der Waals surface area contributed by atoms with Crippen LogP contribution in [-0.2, 0) is 0 Å². The highest BCUT2D eigenvalue weighted by atomic mass is 79.9. The number of benzene rings is 3. The highest BCUT2D eigenvalue weighted by molar-refractivity contribution is 9.10. The summed E-state index contributed by atoms with van der Waals surface area (Å²) in [5.74, 6) is 0.365. The molecule has 4 nitrogen and oxygen atoms in total. The van der Waals surface area contributed by atoms with Crippen LogP contribution < -0.4 is 4.74 Å². The van der Waals surface area contributed by atoms with Gasteiger partial charge in [-0.15, -0.1) is 0 Å². The molecule has 0 radical (unpaired) electrons. The number of nitrogens with zero attached hydrogens (tertiary/aromatic N) is 3. The molecule has 0 aliphatic carbocycles. The third-order valence-corrected chi connectivity index (χ3v) is 5.44. The lowest BCUT2D eigenvalue weighted by molar-refractivity contribution is 0.415. The number of ether oxygens (including phenoxy) is 1. The van der Waals surface area contributed by atoms with Crippen LogP contribution in [0.5, 0.6) is 5.75 Å². The molecule has 0 bridgehead atoms. The summed E-state index contributed by atoms with van der Waals surface area (Å²) in [6.07, 6.45) is 1.76. The van der Waals surface area contributed by atoms with Gasteiger partial charge in [-0.1, -0.05) is 40.2 Å². The fourth-order valence-corrected chi connectivity index (χ4v) is 3.78. The number of aromatic nitrogens is 3. The zero-order chi connectivity index (χ0) is 20.0. The number of rotatable bonds is 3. The van der Waals surface area contributed by atoms with Crippen LogP contribution in [-0.4, -0.2) is 21.5 Å². The molecule has 0 aliphatic rings. The van der Waals surface area contributed by atoms with Crippen molar-refractivity contribution in [2.24, 2.45) is 0 Å². The first-order valence-corrected chi connectivity index (χ1v) is 9.80. The van der Waals surface area contributed by atoms with E-state index in [0.29, 0.717) is 22.5 Å². The zero-order valence-electron chi connectivity index (χ0n) is 15.4. The Morgan fingerprint density at radius 2 is 1.76 bits per heavy atom. The van der Waals surface area contributed by atoms with Crippen LogP contribution in [0.15, 0.2) is 77.5 Å². The van der Waals surface area contributed by atoms with Crippen molar-refractivity contribution in [3.63, 3.8) is 0 Å². The van der Waals surface area contributed by atoms with E-state index in [4.69, 9.17) is 9.72 Å². The van der Waals surface area contributed by atoms with E-state index in [2.05, 4.69) is 20.9 Å². The third-order valence-electron chi connectivity index (χ3n) is 4.91. The second-order valence-corrected chi connectivity index (χ2v) is 7.53. The summed E-state index contributed by atoms with van der Waals surface area (Å²) in [5, 5.41) is 0. The topological polar surface area (TPSA) is 39.4 Å². The minimum atomic E-state index is -0.327. The summed E-state index contributed by atoms with van der Waals surface area (Å²) >= 11 is 3.47. The molecule has 0 unspecified atom stereocenters. The summed E-state index contributed by atoms with van der Waals surface area (Å²) in [6.45, 7) is 0. The minimum absolute atomic E-state index is 0.327. The van der Waals surface area contributed by atoms with Gasteiger partial charge in [0, 0.05) is 21.7 Å². The van der Waals surface area contributed by atoms with Gasteiger partial charge >= 0.3 is 0 Å². The molecule has 3 aromatic carbocycles. The smallest absolute Gasteiger partial charge is 0.132 e. The summed E-state index contributed by atoms with van der Waals surface area (Å²) in [6, 6.07) is 20.2. The molecular formula is C23H15BrFN3O. The van der Waals surface area contributed by atoms with E-state index >= 15 is 0 Å². The first-order valence-electron chi connectivity index (χ1n) is 9.01. The molecule has 0 amide bonds. The van der Waals surface area contributed by atoms with Gasteiger partial charge in [0.05, 0.1) is 23.8 Å². The second-order valence-electron chi connectivity index (χ2n) is 6.61. The van der Waals surface area contributed by atoms with Gasteiger partial charge < -0.3 is 4.74 Å². The Labute approximate surface area is 174 Å². The van der Waals surface area contributed by atoms with Crippen LogP contribution in [0.25, 0.3) is 39.1 Å². The number of methoxy groups -OCH3 is 1. The molecule has 0 spiro atoms. The number of fused-ring (bicyclic) bond motifs is 3. The Balaban J connectivity index is 1.91. The highest BCUT2D eigenvalue weighted by Crippen LogP contribution is 2.35. The summed E-state index contributed by atoms with van der Waals surface area (Å²) < 4.78 is 23.0. The molecule has 5 aromatic rings. The van der Waals surface area contributed by atoms with Crippen LogP contribution >= 0.6 is 15.9 Å². The van der Waals surface area contributed by atoms with Gasteiger partial charge in [-0.05, 0) is 36.4 Å². The monoisotopic (exact) mass is 447 g/mol. The maximum atomic E-state index is 14.7. The van der Waals surface area contributed by atoms with E-state index in [1.54, 1.807) is 25.6 Å². The highest BCUT2D eigenvalue weighted by Gasteiger charge is 2.19. The largest absolute Gasteiger partial charge is 0.497 e. The fourth-order valence-electron chi connectivity index (χ4n) is 3.51. The van der Waals surface area contributed by atoms with E-state index in [1.807, 2.05) is 52.9 Å². The molecule has 2 heterocycles. The van der Waals surface area contributed by atoms with E-state index < -0.39 is 0 Å². The van der Waals surface area contributed by atoms with Crippen molar-refractivity contribution in [3.05, 3.63) is 83.3 Å². The van der Waals surface area contributed by atoms with Crippen molar-refractivity contribution in [1.82, 2.24) is 14.4 Å². The van der Waals surface area contributed by atoms with Crippen LogP contribution in [0, 0.1) is 5.82 Å². The van der Waals surface area contributed by atoms with Crippen molar-refractivity contribution in [3.8, 4) is 28.3 Å². The van der Waals surface area contributed by atoms with Crippen LogP contribution in [0.1, 0.15) is 0 Å². The van der Waals surface area contributed by atoms with Crippen LogP contribution in [0.3, 0.4) is 0 Å². The third kappa shape index (κ3) is 2.96. The maximum Gasteiger partial charge on any atom is 0.132 e. The Morgan fingerprint density at radius 1 is 0.966 bits per heavy atom. The quantitative estimate of drug-likeness (QED) is 0.334. The molecule has 6 heteroatoms. The molecule has 5 rings (SSSR count). The molecule has 0 aliphatic heterocycles. The fraction of sp³-hybridized carbons (Fsp3) is 0.0435. The van der Waals surface area contributed by atoms with Crippen molar-refractivity contribution in [2.75, 3.05) is 7.11 Å². The lowest BCUT2D eigenvalue weighted by Crippen LogP contribution is -1.98. The number of hydrogen-bond acceptors (Lipinski definition) is 3. The average molecular weight is 448 g/mol. The molecule has 29 heavy (non-hydrogen) atoms. The normalized spacial score (nSPS) is 11.3. The first-order chi connectivity index (χ1) is 14.2. The Kier molecular flexibility index (Phi) is 4.28.